The second kappa shape index (κ2) is 4.63. The van der Waals surface area contributed by atoms with Gasteiger partial charge in [0.25, 0.3) is 5.91 Å². The zero-order valence-electron chi connectivity index (χ0n) is 10.5. The summed E-state index contributed by atoms with van der Waals surface area (Å²) in [5.74, 6) is -2.84. The summed E-state index contributed by atoms with van der Waals surface area (Å²) in [6.07, 6.45) is 3.03. The lowest BCUT2D eigenvalue weighted by molar-refractivity contribution is 0.0577. The minimum absolute atomic E-state index is 0.0238. The molecule has 18 heavy (non-hydrogen) atoms. The monoisotopic (exact) mass is 254 g/mol. The number of carbonyl (C=O) groups excluding carboxylic acids is 1. The number of nitrogens with zero attached hydrogens (tertiary/aromatic N) is 2. The fraction of sp³-hybridized carbons (Fsp3) is 0.538. The maximum Gasteiger partial charge on any atom is 0.257 e. The van der Waals surface area contributed by atoms with Gasteiger partial charge in [-0.05, 0) is 24.3 Å². The summed E-state index contributed by atoms with van der Waals surface area (Å²) in [5, 5.41) is 0. The Morgan fingerprint density at radius 3 is 2.83 bits per heavy atom. The van der Waals surface area contributed by atoms with Gasteiger partial charge < -0.3 is 4.90 Å². The summed E-state index contributed by atoms with van der Waals surface area (Å²) in [6, 6.07) is 1.22. The summed E-state index contributed by atoms with van der Waals surface area (Å²) in [5.41, 5.74) is -0.212. The standard InChI is InChI=1S/C13H16F2N2O/c1-13(2)5-3-7-17(8-13)12(18)9-4-6-16-11(15)10(9)14/h4,6H,3,5,7-8H2,1-2H3. The van der Waals surface area contributed by atoms with E-state index < -0.39 is 17.7 Å². The predicted molar refractivity (Wildman–Crippen MR) is 63.1 cm³/mol. The van der Waals surface area contributed by atoms with Gasteiger partial charge in [0.15, 0.2) is 5.82 Å². The number of halogens is 2. The first-order valence-electron chi connectivity index (χ1n) is 6.00. The first-order chi connectivity index (χ1) is 8.41. The smallest absolute Gasteiger partial charge is 0.257 e. The van der Waals surface area contributed by atoms with Gasteiger partial charge in [-0.25, -0.2) is 9.37 Å². The summed E-state index contributed by atoms with van der Waals surface area (Å²) in [4.78, 5) is 16.9. The minimum atomic E-state index is -1.22. The van der Waals surface area contributed by atoms with E-state index in [1.807, 2.05) is 0 Å². The van der Waals surface area contributed by atoms with Gasteiger partial charge in [-0.1, -0.05) is 13.8 Å². The van der Waals surface area contributed by atoms with E-state index >= 15 is 0 Å². The van der Waals surface area contributed by atoms with Gasteiger partial charge in [0.2, 0.25) is 5.95 Å². The van der Waals surface area contributed by atoms with Crippen LogP contribution in [-0.4, -0.2) is 28.9 Å². The zero-order chi connectivity index (χ0) is 13.3. The van der Waals surface area contributed by atoms with Crippen molar-refractivity contribution in [1.29, 1.82) is 0 Å². The Morgan fingerprint density at radius 2 is 2.17 bits per heavy atom. The molecule has 0 atom stereocenters. The Labute approximate surface area is 105 Å². The third-order valence-electron chi connectivity index (χ3n) is 3.26. The lowest BCUT2D eigenvalue weighted by atomic mass is 9.84. The molecule has 3 nitrogen and oxygen atoms in total. The average Bonchev–Trinajstić information content (AvgIpc) is 2.30. The van der Waals surface area contributed by atoms with Gasteiger partial charge in [-0.15, -0.1) is 0 Å². The van der Waals surface area contributed by atoms with Crippen LogP contribution in [0.4, 0.5) is 8.78 Å². The molecule has 1 aliphatic rings. The molecular formula is C13H16F2N2O. The second-order valence-electron chi connectivity index (χ2n) is 5.46. The molecule has 1 aromatic heterocycles. The third-order valence-corrected chi connectivity index (χ3v) is 3.26. The van der Waals surface area contributed by atoms with E-state index in [-0.39, 0.29) is 11.0 Å². The highest BCUT2D eigenvalue weighted by Crippen LogP contribution is 2.29. The average molecular weight is 254 g/mol. The number of amides is 1. The van der Waals surface area contributed by atoms with Gasteiger partial charge >= 0.3 is 0 Å². The van der Waals surface area contributed by atoms with E-state index in [1.165, 1.54) is 6.07 Å². The van der Waals surface area contributed by atoms with Crippen molar-refractivity contribution in [2.75, 3.05) is 13.1 Å². The van der Waals surface area contributed by atoms with Crippen molar-refractivity contribution in [3.8, 4) is 0 Å². The van der Waals surface area contributed by atoms with Crippen molar-refractivity contribution in [2.45, 2.75) is 26.7 Å². The molecule has 5 heteroatoms. The fourth-order valence-electron chi connectivity index (χ4n) is 2.35. The van der Waals surface area contributed by atoms with Crippen LogP contribution >= 0.6 is 0 Å². The molecule has 0 bridgehead atoms. The Bertz CT molecular complexity index is 474. The molecule has 0 radical (unpaired) electrons. The Hall–Kier alpha value is -1.52. The van der Waals surface area contributed by atoms with E-state index in [4.69, 9.17) is 0 Å². The van der Waals surface area contributed by atoms with E-state index in [0.717, 1.165) is 19.0 Å². The normalized spacial score (nSPS) is 18.8. The number of likely N-dealkylation sites (tertiary alicyclic amines) is 1. The Morgan fingerprint density at radius 1 is 1.44 bits per heavy atom. The van der Waals surface area contributed by atoms with Crippen LogP contribution in [0.3, 0.4) is 0 Å². The lowest BCUT2D eigenvalue weighted by Crippen LogP contribution is -2.43. The third kappa shape index (κ3) is 2.49. The lowest BCUT2D eigenvalue weighted by Gasteiger charge is -2.38. The van der Waals surface area contributed by atoms with Gasteiger partial charge in [0.05, 0.1) is 5.56 Å². The molecule has 0 aromatic carbocycles. The maximum atomic E-state index is 13.5. The largest absolute Gasteiger partial charge is 0.338 e. The van der Waals surface area contributed by atoms with Crippen LogP contribution in [0.25, 0.3) is 0 Å². The van der Waals surface area contributed by atoms with Crippen LogP contribution < -0.4 is 0 Å². The molecule has 1 aromatic rings. The zero-order valence-corrected chi connectivity index (χ0v) is 10.5. The molecule has 0 N–H and O–H groups in total. The first-order valence-corrected chi connectivity index (χ1v) is 6.00. The summed E-state index contributed by atoms with van der Waals surface area (Å²) >= 11 is 0. The molecule has 0 saturated carbocycles. The first kappa shape index (κ1) is 12.9. The summed E-state index contributed by atoms with van der Waals surface area (Å²) < 4.78 is 26.5. The van der Waals surface area contributed by atoms with Crippen molar-refractivity contribution in [2.24, 2.45) is 5.41 Å². The maximum absolute atomic E-state index is 13.5. The van der Waals surface area contributed by atoms with Crippen molar-refractivity contribution < 1.29 is 13.6 Å². The molecule has 1 aliphatic heterocycles. The number of piperidine rings is 1. The number of hydrogen-bond donors (Lipinski definition) is 0. The van der Waals surface area contributed by atoms with Crippen LogP contribution in [0.2, 0.25) is 0 Å². The molecule has 1 amide bonds. The Balaban J connectivity index is 2.23. The van der Waals surface area contributed by atoms with Gasteiger partial charge in [-0.3, -0.25) is 4.79 Å². The number of pyridine rings is 1. The van der Waals surface area contributed by atoms with Crippen LogP contribution in [0, 0.1) is 17.2 Å². The summed E-state index contributed by atoms with van der Waals surface area (Å²) in [7, 11) is 0. The molecule has 98 valence electrons. The predicted octanol–water partition coefficient (Wildman–Crippen LogP) is 2.62. The molecule has 1 saturated heterocycles. The molecule has 2 rings (SSSR count). The van der Waals surface area contributed by atoms with Crippen LogP contribution in [0.5, 0.6) is 0 Å². The van der Waals surface area contributed by atoms with E-state index in [2.05, 4.69) is 18.8 Å². The van der Waals surface area contributed by atoms with Crippen molar-refractivity contribution in [3.05, 3.63) is 29.6 Å². The summed E-state index contributed by atoms with van der Waals surface area (Å²) in [6.45, 7) is 5.28. The topological polar surface area (TPSA) is 33.2 Å². The van der Waals surface area contributed by atoms with Crippen molar-refractivity contribution in [3.63, 3.8) is 0 Å². The number of hydrogen-bond acceptors (Lipinski definition) is 2. The van der Waals surface area contributed by atoms with Crippen LogP contribution in [0.15, 0.2) is 12.3 Å². The number of carbonyl (C=O) groups is 1. The second-order valence-corrected chi connectivity index (χ2v) is 5.46. The van der Waals surface area contributed by atoms with Crippen LogP contribution in [0.1, 0.15) is 37.0 Å². The van der Waals surface area contributed by atoms with Crippen LogP contribution in [-0.2, 0) is 0 Å². The highest BCUT2D eigenvalue weighted by molar-refractivity contribution is 5.94. The molecule has 2 heterocycles. The van der Waals surface area contributed by atoms with Gasteiger partial charge in [-0.2, -0.15) is 4.39 Å². The molecule has 0 spiro atoms. The molecular weight excluding hydrogens is 238 g/mol. The van der Waals surface area contributed by atoms with E-state index in [1.54, 1.807) is 4.90 Å². The van der Waals surface area contributed by atoms with Crippen molar-refractivity contribution in [1.82, 2.24) is 9.88 Å². The van der Waals surface area contributed by atoms with Gasteiger partial charge in [0, 0.05) is 19.3 Å². The quantitative estimate of drug-likeness (QED) is 0.722. The number of rotatable bonds is 1. The molecule has 1 fully saturated rings. The molecule has 0 aliphatic carbocycles. The van der Waals surface area contributed by atoms with E-state index in [0.29, 0.717) is 13.1 Å². The number of aromatic nitrogens is 1. The SMILES string of the molecule is CC1(C)CCCN(C(=O)c2ccnc(F)c2F)C1. The Kier molecular flexibility index (Phi) is 3.32. The van der Waals surface area contributed by atoms with Gasteiger partial charge in [0.1, 0.15) is 0 Å². The molecule has 0 unspecified atom stereocenters. The van der Waals surface area contributed by atoms with E-state index in [9.17, 15) is 13.6 Å². The fourth-order valence-corrected chi connectivity index (χ4v) is 2.35. The highest BCUT2D eigenvalue weighted by atomic mass is 19.2. The highest BCUT2D eigenvalue weighted by Gasteiger charge is 2.31. The minimum Gasteiger partial charge on any atom is -0.338 e. The van der Waals surface area contributed by atoms with Crippen molar-refractivity contribution >= 4 is 5.91 Å².